The fraction of sp³-hybridized carbons (Fsp3) is 0.409. The number of hydrogen-bond acceptors (Lipinski definition) is 6. The first-order valence-corrected chi connectivity index (χ1v) is 9.93. The lowest BCUT2D eigenvalue weighted by molar-refractivity contribution is 0.0340. The zero-order valence-corrected chi connectivity index (χ0v) is 16.8. The van der Waals surface area contributed by atoms with Crippen LogP contribution in [0.1, 0.15) is 34.3 Å². The van der Waals surface area contributed by atoms with Crippen LogP contribution in [0, 0.1) is 6.92 Å². The average molecular weight is 398 g/mol. The molecule has 0 radical (unpaired) electrons. The minimum absolute atomic E-state index is 0.185. The second kappa shape index (κ2) is 8.31. The smallest absolute Gasteiger partial charge is 0.340 e. The van der Waals surface area contributed by atoms with Gasteiger partial charge in [-0.3, -0.25) is 4.90 Å². The Bertz CT molecular complexity index is 1000. The summed E-state index contributed by atoms with van der Waals surface area (Å²) in [5.74, 6) is 0.606. The lowest BCUT2D eigenvalue weighted by atomic mass is 10.0. The highest BCUT2D eigenvalue weighted by molar-refractivity contribution is 6.08. The third kappa shape index (κ3) is 3.75. The van der Waals surface area contributed by atoms with Crippen molar-refractivity contribution in [3.63, 3.8) is 0 Å². The van der Waals surface area contributed by atoms with Gasteiger partial charge >= 0.3 is 5.97 Å². The molecule has 0 aliphatic carbocycles. The lowest BCUT2D eigenvalue weighted by Crippen LogP contribution is -2.35. The maximum absolute atomic E-state index is 12.9. The Balaban J connectivity index is 1.87. The number of benzene rings is 1. The molecule has 0 spiro atoms. The summed E-state index contributed by atoms with van der Waals surface area (Å²) in [6.07, 6.45) is 1.64. The van der Waals surface area contributed by atoms with Crippen LogP contribution in [0.25, 0.3) is 10.9 Å². The van der Waals surface area contributed by atoms with Crippen molar-refractivity contribution in [3.05, 3.63) is 53.1 Å². The number of phenols is 1. The highest BCUT2D eigenvalue weighted by atomic mass is 16.5. The highest BCUT2D eigenvalue weighted by Gasteiger charge is 2.26. The number of fused-ring (bicyclic) bond motifs is 1. The van der Waals surface area contributed by atoms with Gasteiger partial charge in [0.2, 0.25) is 0 Å². The first kappa shape index (κ1) is 19.5. The monoisotopic (exact) mass is 398 g/mol. The number of aromatic nitrogens is 1. The molecule has 0 unspecified atom stereocenters. The number of carbonyl (C=O) groups excluding carboxylic acids is 1. The van der Waals surface area contributed by atoms with Crippen LogP contribution in [0.4, 0.5) is 0 Å². The van der Waals surface area contributed by atoms with Crippen molar-refractivity contribution in [2.75, 3.05) is 32.9 Å². The Hall–Kier alpha value is -2.77. The Morgan fingerprint density at radius 1 is 1.21 bits per heavy atom. The molecular weight excluding hydrogens is 372 g/mol. The number of phenolic OH excluding ortho intramolecular Hbond substituents is 1. The van der Waals surface area contributed by atoms with Gasteiger partial charge in [-0.1, -0.05) is 0 Å². The summed E-state index contributed by atoms with van der Waals surface area (Å²) in [5.41, 5.74) is 2.92. The zero-order valence-electron chi connectivity index (χ0n) is 16.8. The molecule has 7 nitrogen and oxygen atoms in total. The van der Waals surface area contributed by atoms with Crippen LogP contribution in [0.5, 0.6) is 5.75 Å². The molecule has 3 aromatic rings. The maximum atomic E-state index is 12.9. The summed E-state index contributed by atoms with van der Waals surface area (Å²) >= 11 is 0. The van der Waals surface area contributed by atoms with Crippen LogP contribution in [-0.4, -0.2) is 53.5 Å². The molecule has 0 atom stereocenters. The number of hydrogen-bond donors (Lipinski definition) is 1. The number of nitrogens with zero attached hydrogens (tertiary/aromatic N) is 2. The fourth-order valence-electron chi connectivity index (χ4n) is 3.98. The second-order valence-corrected chi connectivity index (χ2v) is 7.19. The van der Waals surface area contributed by atoms with Crippen molar-refractivity contribution in [1.82, 2.24) is 9.47 Å². The Kier molecular flexibility index (Phi) is 5.60. The van der Waals surface area contributed by atoms with E-state index in [0.29, 0.717) is 38.5 Å². The topological polar surface area (TPSA) is 77.1 Å². The summed E-state index contributed by atoms with van der Waals surface area (Å²) in [5, 5.41) is 11.4. The van der Waals surface area contributed by atoms with Gasteiger partial charge < -0.3 is 23.6 Å². The third-order valence-electron chi connectivity index (χ3n) is 5.43. The molecule has 0 saturated carbocycles. The van der Waals surface area contributed by atoms with E-state index in [1.165, 1.54) is 0 Å². The van der Waals surface area contributed by atoms with E-state index in [1.807, 2.05) is 29.7 Å². The van der Waals surface area contributed by atoms with E-state index in [4.69, 9.17) is 13.9 Å². The molecule has 0 amide bonds. The van der Waals surface area contributed by atoms with Gasteiger partial charge in [-0.05, 0) is 38.1 Å². The molecule has 0 bridgehead atoms. The van der Waals surface area contributed by atoms with Gasteiger partial charge in [0, 0.05) is 36.3 Å². The van der Waals surface area contributed by atoms with Gasteiger partial charge in [0.05, 0.1) is 43.7 Å². The minimum Gasteiger partial charge on any atom is -0.508 e. The maximum Gasteiger partial charge on any atom is 0.340 e. The molecule has 29 heavy (non-hydrogen) atoms. The number of rotatable bonds is 6. The van der Waals surface area contributed by atoms with E-state index in [1.54, 1.807) is 19.3 Å². The number of esters is 1. The average Bonchev–Trinajstić information content (AvgIpc) is 3.32. The molecule has 1 fully saturated rings. The standard InChI is InChI=1S/C22H26N2O5/c1-3-28-22(26)20-15(2)24(13-16-5-4-10-29-16)18-6-7-19(25)17(21(18)20)14-23-8-11-27-12-9-23/h4-7,10,25H,3,8-9,11-14H2,1-2H3. The van der Waals surface area contributed by atoms with Crippen molar-refractivity contribution in [2.45, 2.75) is 26.9 Å². The van der Waals surface area contributed by atoms with Gasteiger partial charge in [0.15, 0.2) is 0 Å². The molecule has 1 aromatic carbocycles. The first-order chi connectivity index (χ1) is 14.1. The Morgan fingerprint density at radius 2 is 2.00 bits per heavy atom. The number of morpholine rings is 1. The van der Waals surface area contributed by atoms with Crippen LogP contribution in [0.15, 0.2) is 34.9 Å². The highest BCUT2D eigenvalue weighted by Crippen LogP contribution is 2.36. The Morgan fingerprint density at radius 3 is 2.69 bits per heavy atom. The molecule has 7 heteroatoms. The van der Waals surface area contributed by atoms with Crippen molar-refractivity contribution in [1.29, 1.82) is 0 Å². The summed E-state index contributed by atoms with van der Waals surface area (Å²) in [7, 11) is 0. The van der Waals surface area contributed by atoms with Gasteiger partial charge in [-0.25, -0.2) is 4.79 Å². The van der Waals surface area contributed by atoms with Crippen LogP contribution < -0.4 is 0 Å². The number of furan rings is 1. The largest absolute Gasteiger partial charge is 0.508 e. The normalized spacial score (nSPS) is 15.1. The molecule has 154 valence electrons. The second-order valence-electron chi connectivity index (χ2n) is 7.19. The van der Waals surface area contributed by atoms with Crippen molar-refractivity contribution in [3.8, 4) is 5.75 Å². The quantitative estimate of drug-likeness (QED) is 0.642. The van der Waals surface area contributed by atoms with Gasteiger partial charge in [-0.2, -0.15) is 0 Å². The first-order valence-electron chi connectivity index (χ1n) is 9.93. The predicted molar refractivity (Wildman–Crippen MR) is 108 cm³/mol. The zero-order chi connectivity index (χ0) is 20.4. The summed E-state index contributed by atoms with van der Waals surface area (Å²) in [6, 6.07) is 7.31. The molecule has 1 aliphatic heterocycles. The molecule has 4 rings (SSSR count). The number of carbonyl (C=O) groups is 1. The van der Waals surface area contributed by atoms with Crippen LogP contribution in [-0.2, 0) is 22.6 Å². The van der Waals surface area contributed by atoms with Crippen LogP contribution >= 0.6 is 0 Å². The molecule has 1 aliphatic rings. The lowest BCUT2D eigenvalue weighted by Gasteiger charge is -2.27. The van der Waals surface area contributed by atoms with Crippen molar-refractivity contribution < 1.29 is 23.8 Å². The number of aromatic hydroxyl groups is 1. The van der Waals surface area contributed by atoms with E-state index in [9.17, 15) is 9.90 Å². The van der Waals surface area contributed by atoms with Crippen molar-refractivity contribution in [2.24, 2.45) is 0 Å². The van der Waals surface area contributed by atoms with Gasteiger partial charge in [-0.15, -0.1) is 0 Å². The summed E-state index contributed by atoms with van der Waals surface area (Å²) in [6.45, 7) is 7.94. The molecule has 3 heterocycles. The van der Waals surface area contributed by atoms with Crippen LogP contribution in [0.3, 0.4) is 0 Å². The molecule has 1 saturated heterocycles. The summed E-state index contributed by atoms with van der Waals surface area (Å²) in [4.78, 5) is 15.1. The van der Waals surface area contributed by atoms with E-state index in [-0.39, 0.29) is 11.7 Å². The van der Waals surface area contributed by atoms with E-state index >= 15 is 0 Å². The predicted octanol–water partition coefficient (Wildman–Crippen LogP) is 3.31. The fourth-order valence-corrected chi connectivity index (χ4v) is 3.98. The molecule has 1 N–H and O–H groups in total. The molecular formula is C22H26N2O5. The van der Waals surface area contributed by atoms with Gasteiger partial charge in [0.25, 0.3) is 0 Å². The summed E-state index contributed by atoms with van der Waals surface area (Å²) < 4.78 is 18.4. The third-order valence-corrected chi connectivity index (χ3v) is 5.43. The van der Waals surface area contributed by atoms with E-state index < -0.39 is 0 Å². The number of ether oxygens (including phenoxy) is 2. The van der Waals surface area contributed by atoms with Gasteiger partial charge in [0.1, 0.15) is 11.5 Å². The Labute approximate surface area is 169 Å². The van der Waals surface area contributed by atoms with Crippen LogP contribution in [0.2, 0.25) is 0 Å². The van der Waals surface area contributed by atoms with E-state index in [2.05, 4.69) is 4.90 Å². The van der Waals surface area contributed by atoms with E-state index in [0.717, 1.165) is 41.0 Å². The minimum atomic E-state index is -0.373. The SMILES string of the molecule is CCOC(=O)c1c(C)n(Cc2ccco2)c2ccc(O)c(CN3CCOCC3)c12. The molecule has 2 aromatic heterocycles. The van der Waals surface area contributed by atoms with Crippen molar-refractivity contribution >= 4 is 16.9 Å².